The van der Waals surface area contributed by atoms with E-state index in [0.29, 0.717) is 18.1 Å². The largest absolute Gasteiger partial charge is 0.486 e. The van der Waals surface area contributed by atoms with Gasteiger partial charge in [-0.1, -0.05) is 51.2 Å². The van der Waals surface area contributed by atoms with Crippen molar-refractivity contribution in [2.45, 2.75) is 83.0 Å². The lowest BCUT2D eigenvalue weighted by molar-refractivity contribution is -0.145. The summed E-state index contributed by atoms with van der Waals surface area (Å²) >= 11 is 0. The van der Waals surface area contributed by atoms with Gasteiger partial charge in [-0.2, -0.15) is 4.72 Å². The Labute approximate surface area is 172 Å². The number of carboxylic acid groups (broad SMARTS) is 1. The molecular weight excluding hydrogens is 394 g/mol. The van der Waals surface area contributed by atoms with Gasteiger partial charge in [0.15, 0.2) is 11.5 Å². The zero-order valence-corrected chi connectivity index (χ0v) is 17.7. The van der Waals surface area contributed by atoms with E-state index in [1.54, 1.807) is 12.1 Å². The highest BCUT2D eigenvalue weighted by atomic mass is 32.2. The van der Waals surface area contributed by atoms with Crippen LogP contribution in [0.3, 0.4) is 0 Å². The molecule has 1 fully saturated rings. The van der Waals surface area contributed by atoms with Crippen LogP contribution in [0.25, 0.3) is 0 Å². The van der Waals surface area contributed by atoms with E-state index in [2.05, 4.69) is 11.6 Å². The predicted molar refractivity (Wildman–Crippen MR) is 110 cm³/mol. The monoisotopic (exact) mass is 425 g/mol. The molecule has 3 atom stereocenters. The minimum atomic E-state index is -3.76. The lowest BCUT2D eigenvalue weighted by Crippen LogP contribution is -2.45. The molecule has 2 N–H and O–H groups in total. The van der Waals surface area contributed by atoms with Crippen molar-refractivity contribution in [3.63, 3.8) is 0 Å². The molecule has 1 saturated carbocycles. The first-order chi connectivity index (χ1) is 13.9. The van der Waals surface area contributed by atoms with Gasteiger partial charge in [0.1, 0.15) is 6.10 Å². The number of para-hydroxylation sites is 1. The molecule has 0 bridgehead atoms. The van der Waals surface area contributed by atoms with Crippen molar-refractivity contribution in [1.29, 1.82) is 0 Å². The Bertz CT molecular complexity index is 809. The van der Waals surface area contributed by atoms with Crippen LogP contribution in [0, 0.1) is 0 Å². The number of hydrogen-bond donors (Lipinski definition) is 2. The van der Waals surface area contributed by atoms with Crippen LogP contribution in [0.15, 0.2) is 18.2 Å². The van der Waals surface area contributed by atoms with Crippen LogP contribution in [0.5, 0.6) is 11.5 Å². The Kier molecular flexibility index (Phi) is 7.40. The van der Waals surface area contributed by atoms with E-state index in [1.165, 1.54) is 0 Å². The Balaban J connectivity index is 1.60. The number of sulfonamides is 1. The molecule has 1 heterocycles. The number of benzene rings is 1. The minimum Gasteiger partial charge on any atom is -0.486 e. The van der Waals surface area contributed by atoms with Gasteiger partial charge in [0.2, 0.25) is 10.0 Å². The van der Waals surface area contributed by atoms with E-state index in [9.17, 15) is 18.3 Å². The average Bonchev–Trinajstić information content (AvgIpc) is 3.26. The van der Waals surface area contributed by atoms with Crippen LogP contribution in [0.4, 0.5) is 0 Å². The SMILES string of the molecule is CCCCCCCCS(=O)(=O)NC(Oc1cccc2c1OC1CCCC21)C(=O)O. The molecule has 1 aromatic rings. The third-order valence-electron chi connectivity index (χ3n) is 5.65. The zero-order valence-electron chi connectivity index (χ0n) is 16.9. The molecule has 0 radical (unpaired) electrons. The van der Waals surface area contributed by atoms with E-state index in [1.807, 2.05) is 6.07 Å². The maximum absolute atomic E-state index is 12.3. The smallest absolute Gasteiger partial charge is 0.361 e. The van der Waals surface area contributed by atoms with Gasteiger partial charge in [-0.05, 0) is 31.7 Å². The van der Waals surface area contributed by atoms with E-state index in [-0.39, 0.29) is 17.6 Å². The normalized spacial score (nSPS) is 21.3. The van der Waals surface area contributed by atoms with Crippen molar-refractivity contribution in [3.05, 3.63) is 23.8 Å². The molecule has 3 rings (SSSR count). The Hall–Kier alpha value is -1.80. The summed E-state index contributed by atoms with van der Waals surface area (Å²) in [4.78, 5) is 11.6. The van der Waals surface area contributed by atoms with Crippen molar-refractivity contribution in [1.82, 2.24) is 4.72 Å². The van der Waals surface area contributed by atoms with Crippen molar-refractivity contribution in [2.24, 2.45) is 0 Å². The maximum atomic E-state index is 12.3. The first-order valence-electron chi connectivity index (χ1n) is 10.6. The highest BCUT2D eigenvalue weighted by Gasteiger charge is 2.40. The second kappa shape index (κ2) is 9.80. The summed E-state index contributed by atoms with van der Waals surface area (Å²) in [5.41, 5.74) is 1.02. The van der Waals surface area contributed by atoms with Gasteiger partial charge in [0.25, 0.3) is 6.23 Å². The molecule has 0 spiro atoms. The van der Waals surface area contributed by atoms with Crippen LogP contribution in [0.2, 0.25) is 0 Å². The third kappa shape index (κ3) is 5.63. The third-order valence-corrected chi connectivity index (χ3v) is 7.05. The molecule has 7 nitrogen and oxygen atoms in total. The Morgan fingerprint density at radius 2 is 2.00 bits per heavy atom. The van der Waals surface area contributed by atoms with E-state index in [0.717, 1.165) is 56.9 Å². The molecular formula is C21H31NO6S. The average molecular weight is 426 g/mol. The van der Waals surface area contributed by atoms with Crippen LogP contribution >= 0.6 is 0 Å². The first kappa shape index (κ1) is 21.9. The lowest BCUT2D eigenvalue weighted by Gasteiger charge is -2.18. The van der Waals surface area contributed by atoms with Crippen LogP contribution < -0.4 is 14.2 Å². The quantitative estimate of drug-likeness (QED) is 0.390. The molecule has 0 aromatic heterocycles. The number of hydrogen-bond acceptors (Lipinski definition) is 5. The van der Waals surface area contributed by atoms with E-state index >= 15 is 0 Å². The topological polar surface area (TPSA) is 102 Å². The number of nitrogens with one attached hydrogen (secondary N) is 1. The number of carbonyl (C=O) groups is 1. The summed E-state index contributed by atoms with van der Waals surface area (Å²) in [7, 11) is -3.76. The summed E-state index contributed by atoms with van der Waals surface area (Å²) in [5, 5.41) is 9.48. The second-order valence-electron chi connectivity index (χ2n) is 7.91. The molecule has 162 valence electrons. The van der Waals surface area contributed by atoms with E-state index < -0.39 is 22.2 Å². The minimum absolute atomic E-state index is 0.0995. The van der Waals surface area contributed by atoms with Crippen molar-refractivity contribution >= 4 is 16.0 Å². The molecule has 0 saturated heterocycles. The highest BCUT2D eigenvalue weighted by Crippen LogP contribution is 2.50. The summed E-state index contributed by atoms with van der Waals surface area (Å²) < 4.78 is 38.4. The molecule has 1 aliphatic heterocycles. The van der Waals surface area contributed by atoms with Crippen LogP contribution in [0.1, 0.15) is 76.2 Å². The molecule has 3 unspecified atom stereocenters. The van der Waals surface area contributed by atoms with Crippen molar-refractivity contribution in [3.8, 4) is 11.5 Å². The van der Waals surface area contributed by atoms with Gasteiger partial charge in [-0.3, -0.25) is 0 Å². The molecule has 29 heavy (non-hydrogen) atoms. The Morgan fingerprint density at radius 1 is 1.24 bits per heavy atom. The fraction of sp³-hybridized carbons (Fsp3) is 0.667. The van der Waals surface area contributed by atoms with E-state index in [4.69, 9.17) is 9.47 Å². The van der Waals surface area contributed by atoms with Crippen LogP contribution in [-0.2, 0) is 14.8 Å². The Morgan fingerprint density at radius 3 is 2.76 bits per heavy atom. The van der Waals surface area contributed by atoms with Gasteiger partial charge in [0, 0.05) is 11.5 Å². The number of unbranched alkanes of at least 4 members (excludes halogenated alkanes) is 5. The number of fused-ring (bicyclic) bond motifs is 3. The number of carboxylic acids is 1. The van der Waals surface area contributed by atoms with Gasteiger partial charge in [-0.25, -0.2) is 13.2 Å². The molecule has 2 aliphatic rings. The lowest BCUT2D eigenvalue weighted by atomic mass is 9.97. The summed E-state index contributed by atoms with van der Waals surface area (Å²) in [6.45, 7) is 2.12. The zero-order chi connectivity index (χ0) is 20.9. The predicted octanol–water partition coefficient (Wildman–Crippen LogP) is 3.78. The standard InChI is InChI=1S/C21H31NO6S/c1-2-3-4-5-6-7-14-29(25,26)22-20(21(23)24)28-18-13-9-11-16-15-10-8-12-17(15)27-19(16)18/h9,11,13,15,17,20,22H,2-8,10,12,14H2,1H3,(H,23,24). The summed E-state index contributed by atoms with van der Waals surface area (Å²) in [6, 6.07) is 5.39. The second-order valence-corrected chi connectivity index (χ2v) is 9.78. The van der Waals surface area contributed by atoms with Gasteiger partial charge >= 0.3 is 5.97 Å². The summed E-state index contributed by atoms with van der Waals surface area (Å²) in [5.74, 6) is -0.372. The van der Waals surface area contributed by atoms with Gasteiger partial charge in [-0.15, -0.1) is 0 Å². The number of ether oxygens (including phenoxy) is 2. The molecule has 1 aromatic carbocycles. The van der Waals surface area contributed by atoms with Crippen molar-refractivity contribution < 1.29 is 27.8 Å². The molecule has 0 amide bonds. The molecule has 8 heteroatoms. The first-order valence-corrected chi connectivity index (χ1v) is 12.3. The maximum Gasteiger partial charge on any atom is 0.361 e. The van der Waals surface area contributed by atoms with Gasteiger partial charge < -0.3 is 14.6 Å². The fourth-order valence-electron chi connectivity index (χ4n) is 4.16. The highest BCUT2D eigenvalue weighted by molar-refractivity contribution is 7.89. The fourth-order valence-corrected chi connectivity index (χ4v) is 5.34. The van der Waals surface area contributed by atoms with Gasteiger partial charge in [0.05, 0.1) is 5.75 Å². The molecule has 1 aliphatic carbocycles. The summed E-state index contributed by atoms with van der Waals surface area (Å²) in [6.07, 6.45) is 7.18. The van der Waals surface area contributed by atoms with Crippen molar-refractivity contribution in [2.75, 3.05) is 5.75 Å². The number of rotatable bonds is 12. The number of aliphatic carboxylic acids is 1. The van der Waals surface area contributed by atoms with Crippen LogP contribution in [-0.4, -0.2) is 37.6 Å².